The number of Topliss-reactive ketones (excluding diaryl/α,β-unsaturated/α-hetero) is 1. The van der Waals surface area contributed by atoms with Crippen molar-refractivity contribution in [2.75, 3.05) is 0 Å². The lowest BCUT2D eigenvalue weighted by Crippen LogP contribution is -2.35. The van der Waals surface area contributed by atoms with Gasteiger partial charge in [-0.15, -0.1) is 0 Å². The van der Waals surface area contributed by atoms with Gasteiger partial charge in [0.25, 0.3) is 0 Å². The predicted octanol–water partition coefficient (Wildman–Crippen LogP) is 9.58. The molecule has 0 heterocycles. The van der Waals surface area contributed by atoms with E-state index in [0.717, 1.165) is 23.1 Å². The van der Waals surface area contributed by atoms with Crippen molar-refractivity contribution in [2.24, 2.45) is 16.7 Å². The van der Waals surface area contributed by atoms with E-state index in [1.165, 1.54) is 16.7 Å². The molecule has 0 amide bonds. The molecule has 3 heteroatoms. The zero-order valence-corrected chi connectivity index (χ0v) is 28.1. The third kappa shape index (κ3) is 11.4. The van der Waals surface area contributed by atoms with Gasteiger partial charge in [-0.1, -0.05) is 147 Å². The molecule has 2 N–H and O–H groups in total. The first-order valence-corrected chi connectivity index (χ1v) is 15.4. The summed E-state index contributed by atoms with van der Waals surface area (Å²) in [4.78, 5) is 12.2. The molecule has 0 aromatic carbocycles. The molecule has 0 unspecified atom stereocenters. The minimum absolute atomic E-state index is 0.0473. The van der Waals surface area contributed by atoms with E-state index in [2.05, 4.69) is 110 Å². The van der Waals surface area contributed by atoms with Crippen LogP contribution in [0.3, 0.4) is 0 Å². The maximum absolute atomic E-state index is 12.2. The molecule has 232 valence electrons. The van der Waals surface area contributed by atoms with Gasteiger partial charge >= 0.3 is 0 Å². The van der Waals surface area contributed by atoms with Crippen LogP contribution in [0.25, 0.3) is 0 Å². The molecule has 43 heavy (non-hydrogen) atoms. The Balaban J connectivity index is 1.92. The summed E-state index contributed by atoms with van der Waals surface area (Å²) in [6, 6.07) is 0. The van der Waals surface area contributed by atoms with Crippen molar-refractivity contribution < 1.29 is 15.0 Å². The molecule has 0 saturated heterocycles. The van der Waals surface area contributed by atoms with Crippen LogP contribution in [0, 0.1) is 16.7 Å². The van der Waals surface area contributed by atoms with Gasteiger partial charge in [-0.2, -0.15) is 0 Å². The Hall–Kier alpha value is -3.27. The molecule has 0 spiro atoms. The van der Waals surface area contributed by atoms with Crippen LogP contribution in [-0.2, 0) is 4.79 Å². The number of carbonyl (C=O) groups excluding carboxylic acids is 1. The first kappa shape index (κ1) is 35.9. The smallest absolute Gasteiger partial charge is 0.187 e. The second-order valence-electron chi connectivity index (χ2n) is 13.6. The van der Waals surface area contributed by atoms with Crippen molar-refractivity contribution in [3.05, 3.63) is 130 Å². The number of hydrogen-bond acceptors (Lipinski definition) is 3. The minimum Gasteiger partial charge on any atom is -0.389 e. The Labute approximate surface area is 261 Å². The molecule has 0 fully saturated rings. The largest absolute Gasteiger partial charge is 0.389 e. The van der Waals surface area contributed by atoms with Crippen molar-refractivity contribution in [3.63, 3.8) is 0 Å². The van der Waals surface area contributed by atoms with Crippen molar-refractivity contribution in [2.45, 2.75) is 94.3 Å². The topological polar surface area (TPSA) is 57.5 Å². The maximum atomic E-state index is 12.2. The molecule has 2 rings (SSSR count). The van der Waals surface area contributed by atoms with Gasteiger partial charge in [-0.3, -0.25) is 4.79 Å². The summed E-state index contributed by atoms with van der Waals surface area (Å²) < 4.78 is 0. The van der Waals surface area contributed by atoms with Gasteiger partial charge in [0.1, 0.15) is 6.10 Å². The molecular weight excluding hydrogens is 528 g/mol. The second kappa shape index (κ2) is 16.0. The van der Waals surface area contributed by atoms with E-state index < -0.39 is 6.10 Å². The number of hydrogen-bond donors (Lipinski definition) is 2. The van der Waals surface area contributed by atoms with E-state index in [1.54, 1.807) is 0 Å². The zero-order valence-electron chi connectivity index (χ0n) is 28.1. The molecule has 2 aliphatic carbocycles. The number of rotatable bonds is 10. The molecule has 3 nitrogen and oxygen atoms in total. The van der Waals surface area contributed by atoms with Gasteiger partial charge in [-0.05, 0) is 76.4 Å². The molecule has 0 aliphatic heterocycles. The SMILES string of the molecule is CC1=C[C@@H](O)CC(C)(C)[C@@H]1/C=C/C(C)=C/C=C/C(C)=C/C=C/C=C(C)/C=C/C=C(C)/C=C/C1=C(C)C(=O)[C@@H](O)CC1(C)C. The van der Waals surface area contributed by atoms with Gasteiger partial charge in [0.15, 0.2) is 5.78 Å². The van der Waals surface area contributed by atoms with Gasteiger partial charge in [0, 0.05) is 5.92 Å². The van der Waals surface area contributed by atoms with E-state index in [0.29, 0.717) is 17.9 Å². The van der Waals surface area contributed by atoms with Gasteiger partial charge < -0.3 is 10.2 Å². The number of aliphatic hydroxyl groups excluding tert-OH is 2. The normalized spacial score (nSPS) is 26.3. The second-order valence-corrected chi connectivity index (χ2v) is 13.6. The maximum Gasteiger partial charge on any atom is 0.187 e. The summed E-state index contributed by atoms with van der Waals surface area (Å²) in [5.74, 6) is 0.171. The van der Waals surface area contributed by atoms with Crippen molar-refractivity contribution >= 4 is 5.78 Å². The van der Waals surface area contributed by atoms with E-state index in [1.807, 2.05) is 50.3 Å². The summed E-state index contributed by atoms with van der Waals surface area (Å²) in [6.45, 7) is 20.8. The predicted molar refractivity (Wildman–Crippen MR) is 184 cm³/mol. The van der Waals surface area contributed by atoms with E-state index in [-0.39, 0.29) is 22.7 Å². The van der Waals surface area contributed by atoms with Crippen LogP contribution in [0.15, 0.2) is 130 Å². The lowest BCUT2D eigenvalue weighted by Gasteiger charge is -2.38. The Kier molecular flexibility index (Phi) is 13.4. The number of carbonyl (C=O) groups is 1. The fourth-order valence-electron chi connectivity index (χ4n) is 5.89. The zero-order chi connectivity index (χ0) is 32.4. The molecule has 0 bridgehead atoms. The van der Waals surface area contributed by atoms with Crippen molar-refractivity contribution in [1.29, 1.82) is 0 Å². The van der Waals surface area contributed by atoms with Crippen LogP contribution in [0.5, 0.6) is 0 Å². The van der Waals surface area contributed by atoms with Crippen LogP contribution >= 0.6 is 0 Å². The first-order valence-electron chi connectivity index (χ1n) is 15.4. The van der Waals surface area contributed by atoms with Gasteiger partial charge in [0.05, 0.1) is 6.10 Å². The van der Waals surface area contributed by atoms with E-state index >= 15 is 0 Å². The fraction of sp³-hybridized carbons (Fsp3) is 0.425. The Morgan fingerprint density at radius 1 is 0.744 bits per heavy atom. The van der Waals surface area contributed by atoms with E-state index in [9.17, 15) is 15.0 Å². The highest BCUT2D eigenvalue weighted by atomic mass is 16.3. The van der Waals surface area contributed by atoms with Crippen LogP contribution in [0.1, 0.15) is 82.1 Å². The Morgan fingerprint density at radius 2 is 1.23 bits per heavy atom. The number of allylic oxidation sites excluding steroid dienone is 20. The fourth-order valence-corrected chi connectivity index (χ4v) is 5.89. The van der Waals surface area contributed by atoms with Crippen LogP contribution in [0.2, 0.25) is 0 Å². The highest BCUT2D eigenvalue weighted by Gasteiger charge is 2.36. The van der Waals surface area contributed by atoms with Gasteiger partial charge in [0.2, 0.25) is 0 Å². The molecule has 0 aromatic rings. The Morgan fingerprint density at radius 3 is 1.77 bits per heavy atom. The number of ketones is 1. The third-order valence-electron chi connectivity index (χ3n) is 8.36. The molecular formula is C40H54O3. The summed E-state index contributed by atoms with van der Waals surface area (Å²) in [5.41, 5.74) is 7.29. The molecule has 0 radical (unpaired) electrons. The van der Waals surface area contributed by atoms with E-state index in [4.69, 9.17) is 0 Å². The van der Waals surface area contributed by atoms with Crippen LogP contribution in [0.4, 0.5) is 0 Å². The quantitative estimate of drug-likeness (QED) is 0.199. The molecule has 2 aliphatic rings. The first-order chi connectivity index (χ1) is 20.0. The molecule has 0 aromatic heterocycles. The average Bonchev–Trinajstić information content (AvgIpc) is 2.88. The van der Waals surface area contributed by atoms with Gasteiger partial charge in [-0.25, -0.2) is 0 Å². The summed E-state index contributed by atoms with van der Waals surface area (Å²) in [7, 11) is 0. The third-order valence-corrected chi connectivity index (χ3v) is 8.36. The lowest BCUT2D eigenvalue weighted by molar-refractivity contribution is -0.125. The highest BCUT2D eigenvalue weighted by Crippen LogP contribution is 2.42. The van der Waals surface area contributed by atoms with Crippen molar-refractivity contribution in [3.8, 4) is 0 Å². The average molecular weight is 583 g/mol. The summed E-state index contributed by atoms with van der Waals surface area (Å²) in [6.07, 6.45) is 31.2. The monoisotopic (exact) mass is 582 g/mol. The summed E-state index contributed by atoms with van der Waals surface area (Å²) >= 11 is 0. The Bertz CT molecular complexity index is 1360. The summed E-state index contributed by atoms with van der Waals surface area (Å²) in [5, 5.41) is 20.1. The van der Waals surface area contributed by atoms with Crippen molar-refractivity contribution in [1.82, 2.24) is 0 Å². The lowest BCUT2D eigenvalue weighted by atomic mass is 9.67. The standard InChI is InChI=1S/C40H54O3/c1-28(17-13-19-30(3)21-23-35-32(5)25-34(41)26-39(35,7)8)15-11-12-16-29(2)18-14-20-31(4)22-24-36-33(6)38(43)37(42)27-40(36,9)10/h11-25,34-35,37,41-42H,26-27H2,1-10H3/b12-11+,17-13+,18-14+,23-21+,24-22+,28-15+,29-16+,30-19+,31-20+/t34-,35-,37+/m1/s1. The highest BCUT2D eigenvalue weighted by molar-refractivity contribution is 6.00. The van der Waals surface area contributed by atoms with Crippen LogP contribution < -0.4 is 0 Å². The van der Waals surface area contributed by atoms with Crippen LogP contribution in [-0.4, -0.2) is 28.2 Å². The molecule has 3 atom stereocenters. The molecule has 0 saturated carbocycles. The minimum atomic E-state index is -0.898. The number of aliphatic hydroxyl groups is 2.